The van der Waals surface area contributed by atoms with Crippen molar-refractivity contribution in [2.45, 2.75) is 17.5 Å². The number of aliphatic imine (C=N–C) groups is 1. The van der Waals surface area contributed by atoms with Crippen LogP contribution < -0.4 is 10.2 Å². The van der Waals surface area contributed by atoms with Gasteiger partial charge in [0, 0.05) is 21.6 Å². The SMILES string of the molecule is O=C(CN(C1=N[C@@H]2CS(=O)(=O)C[C@H]2S1)c1cccc(Cl)c1)Nc1cccc(C(F)(F)F)c1. The maximum absolute atomic E-state index is 13.0. The van der Waals surface area contributed by atoms with E-state index in [9.17, 15) is 26.4 Å². The van der Waals surface area contributed by atoms with Crippen molar-refractivity contribution < 1.29 is 26.4 Å². The highest BCUT2D eigenvalue weighted by Crippen LogP contribution is 2.37. The topological polar surface area (TPSA) is 78.8 Å². The molecule has 0 bridgehead atoms. The van der Waals surface area contributed by atoms with E-state index in [0.717, 1.165) is 12.1 Å². The van der Waals surface area contributed by atoms with Gasteiger partial charge in [-0.25, -0.2) is 8.42 Å². The van der Waals surface area contributed by atoms with E-state index in [2.05, 4.69) is 10.3 Å². The van der Waals surface area contributed by atoms with Crippen LogP contribution in [0.15, 0.2) is 53.5 Å². The molecule has 0 aliphatic carbocycles. The first-order chi connectivity index (χ1) is 15.0. The maximum Gasteiger partial charge on any atom is 0.416 e. The van der Waals surface area contributed by atoms with Crippen LogP contribution in [-0.4, -0.2) is 48.8 Å². The summed E-state index contributed by atoms with van der Waals surface area (Å²) in [5, 5.41) is 3.15. The summed E-state index contributed by atoms with van der Waals surface area (Å²) in [4.78, 5) is 18.8. The molecule has 4 rings (SSSR count). The zero-order chi connectivity index (χ0) is 23.1. The fourth-order valence-corrected chi connectivity index (χ4v) is 7.47. The summed E-state index contributed by atoms with van der Waals surface area (Å²) in [5.41, 5.74) is -0.294. The molecular formula is C20H17ClF3N3O3S2. The Bertz CT molecular complexity index is 1190. The first-order valence-electron chi connectivity index (χ1n) is 9.45. The largest absolute Gasteiger partial charge is 0.416 e. The van der Waals surface area contributed by atoms with Crippen molar-refractivity contribution >= 4 is 55.6 Å². The Morgan fingerprint density at radius 3 is 2.62 bits per heavy atom. The molecule has 1 saturated heterocycles. The summed E-state index contributed by atoms with van der Waals surface area (Å²) in [5.74, 6) is -0.597. The summed E-state index contributed by atoms with van der Waals surface area (Å²) in [6.45, 7) is -0.241. The van der Waals surface area contributed by atoms with Crippen LogP contribution in [0.3, 0.4) is 0 Å². The molecule has 12 heteroatoms. The second kappa shape index (κ2) is 8.60. The maximum atomic E-state index is 13.0. The highest BCUT2D eigenvalue weighted by atomic mass is 35.5. The van der Waals surface area contributed by atoms with Crippen molar-refractivity contribution in [3.8, 4) is 0 Å². The van der Waals surface area contributed by atoms with E-state index in [4.69, 9.17) is 11.6 Å². The van der Waals surface area contributed by atoms with Gasteiger partial charge in [0.2, 0.25) is 5.91 Å². The van der Waals surface area contributed by atoms with Gasteiger partial charge in [-0.1, -0.05) is 35.5 Å². The minimum atomic E-state index is -4.53. The van der Waals surface area contributed by atoms with Gasteiger partial charge in [0.15, 0.2) is 15.0 Å². The van der Waals surface area contributed by atoms with E-state index in [0.29, 0.717) is 15.9 Å². The van der Waals surface area contributed by atoms with Crippen molar-refractivity contribution in [3.63, 3.8) is 0 Å². The molecule has 0 saturated carbocycles. The van der Waals surface area contributed by atoms with Gasteiger partial charge in [-0.15, -0.1) is 0 Å². The molecule has 0 radical (unpaired) electrons. The smallest absolute Gasteiger partial charge is 0.325 e. The fraction of sp³-hybridized carbons (Fsp3) is 0.300. The van der Waals surface area contributed by atoms with Crippen molar-refractivity contribution in [2.24, 2.45) is 4.99 Å². The Morgan fingerprint density at radius 2 is 1.94 bits per heavy atom. The van der Waals surface area contributed by atoms with Crippen LogP contribution in [-0.2, 0) is 20.8 Å². The minimum Gasteiger partial charge on any atom is -0.325 e. The first kappa shape index (κ1) is 22.9. The third-order valence-corrected chi connectivity index (χ3v) is 8.41. The Labute approximate surface area is 191 Å². The molecule has 1 N–H and O–H groups in total. The number of hydrogen-bond donors (Lipinski definition) is 1. The van der Waals surface area contributed by atoms with E-state index in [1.807, 2.05) is 0 Å². The summed E-state index contributed by atoms with van der Waals surface area (Å²) >= 11 is 7.37. The average molecular weight is 504 g/mol. The summed E-state index contributed by atoms with van der Waals surface area (Å²) in [6, 6.07) is 10.7. The summed E-state index contributed by atoms with van der Waals surface area (Å²) in [6.07, 6.45) is -4.53. The van der Waals surface area contributed by atoms with Crippen molar-refractivity contribution in [1.29, 1.82) is 0 Å². The number of alkyl halides is 3. The quantitative estimate of drug-likeness (QED) is 0.680. The Morgan fingerprint density at radius 1 is 1.19 bits per heavy atom. The van der Waals surface area contributed by atoms with Crippen LogP contribution >= 0.6 is 23.4 Å². The van der Waals surface area contributed by atoms with Crippen LogP contribution in [0.5, 0.6) is 0 Å². The molecule has 2 aromatic carbocycles. The molecule has 0 spiro atoms. The van der Waals surface area contributed by atoms with Gasteiger partial charge in [0.25, 0.3) is 0 Å². The zero-order valence-corrected chi connectivity index (χ0v) is 18.7. The van der Waals surface area contributed by atoms with Crippen molar-refractivity contribution in [2.75, 3.05) is 28.3 Å². The number of nitrogens with zero attached hydrogens (tertiary/aromatic N) is 2. The zero-order valence-electron chi connectivity index (χ0n) is 16.3. The van der Waals surface area contributed by atoms with E-state index < -0.39 is 33.5 Å². The number of amides is 1. The normalized spacial score (nSPS) is 21.7. The molecule has 2 atom stereocenters. The molecule has 2 heterocycles. The number of benzene rings is 2. The van der Waals surface area contributed by atoms with Crippen LogP contribution in [0.25, 0.3) is 0 Å². The predicted octanol–water partition coefficient (Wildman–Crippen LogP) is 4.07. The molecule has 1 fully saturated rings. The van der Waals surface area contributed by atoms with Gasteiger partial charge < -0.3 is 10.2 Å². The van der Waals surface area contributed by atoms with Crippen LogP contribution in [0.2, 0.25) is 5.02 Å². The monoisotopic (exact) mass is 503 g/mol. The molecule has 2 aromatic rings. The standard InChI is InChI=1S/C20H17ClF3N3O3S2/c21-13-4-2-6-15(8-13)27(19-26-16-10-32(29,30)11-17(16)31-19)9-18(28)25-14-5-1-3-12(7-14)20(22,23)24/h1-8,16-17H,9-11H2,(H,25,28)/t16-,17-/m1/s1. The van der Waals surface area contributed by atoms with Crippen LogP contribution in [0.1, 0.15) is 5.56 Å². The molecule has 0 aromatic heterocycles. The highest BCUT2D eigenvalue weighted by molar-refractivity contribution is 8.15. The fourth-order valence-electron chi connectivity index (χ4n) is 3.50. The number of sulfone groups is 1. The number of thioether (sulfide) groups is 1. The lowest BCUT2D eigenvalue weighted by Gasteiger charge is -2.24. The lowest BCUT2D eigenvalue weighted by Crippen LogP contribution is -2.36. The van der Waals surface area contributed by atoms with E-state index in [1.165, 1.54) is 23.9 Å². The number of nitrogens with one attached hydrogen (secondary N) is 1. The molecule has 2 aliphatic rings. The first-order valence-corrected chi connectivity index (χ1v) is 12.5. The van der Waals surface area contributed by atoms with E-state index in [-0.39, 0.29) is 29.0 Å². The lowest BCUT2D eigenvalue weighted by atomic mass is 10.2. The van der Waals surface area contributed by atoms with Crippen LogP contribution in [0.4, 0.5) is 24.5 Å². The summed E-state index contributed by atoms with van der Waals surface area (Å²) in [7, 11) is -3.14. The number of fused-ring (bicyclic) bond motifs is 1. The number of amidine groups is 1. The Balaban J connectivity index is 1.56. The molecule has 170 valence electrons. The number of halogens is 4. The van der Waals surface area contributed by atoms with Gasteiger partial charge in [-0.05, 0) is 36.4 Å². The van der Waals surface area contributed by atoms with Gasteiger partial charge in [0.1, 0.15) is 6.54 Å². The van der Waals surface area contributed by atoms with Gasteiger partial charge >= 0.3 is 6.18 Å². The number of hydrogen-bond acceptors (Lipinski definition) is 6. The number of carbonyl (C=O) groups excluding carboxylic acids is 1. The molecule has 1 amide bonds. The number of carbonyl (C=O) groups is 1. The molecule has 6 nitrogen and oxygen atoms in total. The second-order valence-corrected chi connectivity index (χ2v) is 11.2. The number of rotatable bonds is 4. The summed E-state index contributed by atoms with van der Waals surface area (Å²) < 4.78 is 62.6. The molecule has 2 aliphatic heterocycles. The van der Waals surface area contributed by atoms with Gasteiger partial charge in [-0.3, -0.25) is 9.79 Å². The van der Waals surface area contributed by atoms with Gasteiger partial charge in [0.05, 0.1) is 23.1 Å². The van der Waals surface area contributed by atoms with E-state index in [1.54, 1.807) is 29.2 Å². The Hall–Kier alpha value is -2.24. The minimum absolute atomic E-state index is 0.00908. The van der Waals surface area contributed by atoms with Gasteiger partial charge in [-0.2, -0.15) is 13.2 Å². The highest BCUT2D eigenvalue weighted by Gasteiger charge is 2.44. The van der Waals surface area contributed by atoms with Crippen molar-refractivity contribution in [1.82, 2.24) is 0 Å². The predicted molar refractivity (Wildman–Crippen MR) is 120 cm³/mol. The average Bonchev–Trinajstić information content (AvgIpc) is 3.19. The number of anilines is 2. The third kappa shape index (κ3) is 5.21. The molecular weight excluding hydrogens is 487 g/mol. The lowest BCUT2D eigenvalue weighted by molar-refractivity contribution is -0.137. The van der Waals surface area contributed by atoms with Crippen molar-refractivity contribution in [3.05, 3.63) is 59.1 Å². The Kier molecular flexibility index (Phi) is 6.17. The second-order valence-electron chi connectivity index (χ2n) is 7.40. The molecule has 32 heavy (non-hydrogen) atoms. The van der Waals surface area contributed by atoms with E-state index >= 15 is 0 Å². The third-order valence-electron chi connectivity index (χ3n) is 4.93. The molecule has 0 unspecified atom stereocenters. The van der Waals surface area contributed by atoms with Crippen LogP contribution in [0, 0.1) is 0 Å².